The summed E-state index contributed by atoms with van der Waals surface area (Å²) in [5.41, 5.74) is 10.9. The van der Waals surface area contributed by atoms with Crippen LogP contribution in [0.3, 0.4) is 0 Å². The fourth-order valence-corrected chi connectivity index (χ4v) is 2.64. The Morgan fingerprint density at radius 1 is 1.12 bits per heavy atom. The van der Waals surface area contributed by atoms with Gasteiger partial charge in [0.1, 0.15) is 13.1 Å². The highest BCUT2D eigenvalue weighted by Crippen LogP contribution is 2.34. The van der Waals surface area contributed by atoms with Crippen LogP contribution in [0.15, 0.2) is 0 Å². The van der Waals surface area contributed by atoms with E-state index >= 15 is 0 Å². The van der Waals surface area contributed by atoms with Gasteiger partial charge in [0.25, 0.3) is 0 Å². The molecule has 90 valence electrons. The van der Waals surface area contributed by atoms with Crippen LogP contribution in [-0.2, 0) is 4.79 Å². The van der Waals surface area contributed by atoms with E-state index in [4.69, 9.17) is 11.5 Å². The second kappa shape index (κ2) is 4.14. The standard InChI is InChI=1S/C11H19N3O2/c12-7-8-1-3-9(4-2-8)10(15)14(5-6-14)11(13)16/h8-9H,1-7,12H2,(H-,13,16)/p+1. The average Bonchev–Trinajstić information content (AvgIpc) is 3.09. The van der Waals surface area contributed by atoms with Gasteiger partial charge in [-0.25, -0.2) is 9.59 Å². The minimum atomic E-state index is -0.481. The lowest BCUT2D eigenvalue weighted by Crippen LogP contribution is -2.47. The molecule has 1 saturated carbocycles. The number of hydrogen-bond donors (Lipinski definition) is 2. The van der Waals surface area contributed by atoms with E-state index < -0.39 is 6.03 Å². The molecule has 0 aromatic rings. The zero-order valence-electron chi connectivity index (χ0n) is 9.52. The monoisotopic (exact) mass is 226 g/mol. The van der Waals surface area contributed by atoms with Crippen LogP contribution in [0.4, 0.5) is 4.79 Å². The van der Waals surface area contributed by atoms with Crippen LogP contribution >= 0.6 is 0 Å². The molecule has 0 spiro atoms. The normalized spacial score (nSPS) is 32.1. The van der Waals surface area contributed by atoms with Gasteiger partial charge in [0.15, 0.2) is 0 Å². The molecular weight excluding hydrogens is 206 g/mol. The van der Waals surface area contributed by atoms with E-state index in [1.165, 1.54) is 0 Å². The number of rotatable bonds is 2. The number of carbonyl (C=O) groups is 2. The summed E-state index contributed by atoms with van der Waals surface area (Å²) in [4.78, 5) is 23.4. The maximum Gasteiger partial charge on any atom is 0.421 e. The number of carbonyl (C=O) groups excluding carboxylic acids is 2. The lowest BCUT2D eigenvalue weighted by Gasteiger charge is -2.27. The molecule has 0 radical (unpaired) electrons. The molecule has 1 saturated heterocycles. The van der Waals surface area contributed by atoms with Gasteiger partial charge in [-0.3, -0.25) is 0 Å². The van der Waals surface area contributed by atoms with Crippen LogP contribution in [0.5, 0.6) is 0 Å². The zero-order valence-corrected chi connectivity index (χ0v) is 9.52. The molecule has 0 aromatic carbocycles. The molecule has 1 heterocycles. The Morgan fingerprint density at radius 2 is 1.69 bits per heavy atom. The van der Waals surface area contributed by atoms with E-state index in [9.17, 15) is 9.59 Å². The summed E-state index contributed by atoms with van der Waals surface area (Å²) in [6.07, 6.45) is 3.75. The first-order chi connectivity index (χ1) is 7.60. The van der Waals surface area contributed by atoms with Crippen LogP contribution in [0, 0.1) is 11.8 Å². The maximum absolute atomic E-state index is 12.2. The predicted octanol–water partition coefficient (Wildman–Crippen LogP) is 0.187. The van der Waals surface area contributed by atoms with E-state index in [-0.39, 0.29) is 16.3 Å². The topological polar surface area (TPSA) is 86.2 Å². The van der Waals surface area contributed by atoms with Gasteiger partial charge >= 0.3 is 11.9 Å². The summed E-state index contributed by atoms with van der Waals surface area (Å²) in [6, 6.07) is -0.481. The smallest absolute Gasteiger partial charge is 0.330 e. The van der Waals surface area contributed by atoms with Crippen molar-refractivity contribution in [2.45, 2.75) is 25.7 Å². The molecule has 2 aliphatic rings. The average molecular weight is 226 g/mol. The first kappa shape index (κ1) is 11.5. The summed E-state index contributed by atoms with van der Waals surface area (Å²) < 4.78 is -0.0992. The van der Waals surface area contributed by atoms with Crippen LogP contribution in [-0.4, -0.2) is 36.1 Å². The number of amides is 3. The Kier molecular flexibility index (Phi) is 2.99. The number of nitrogens with two attached hydrogens (primary N) is 2. The number of imide groups is 1. The van der Waals surface area contributed by atoms with Gasteiger partial charge in [-0.2, -0.15) is 4.48 Å². The number of quaternary nitrogens is 1. The van der Waals surface area contributed by atoms with Gasteiger partial charge < -0.3 is 11.5 Å². The highest BCUT2D eigenvalue weighted by Gasteiger charge is 2.58. The fourth-order valence-electron chi connectivity index (χ4n) is 2.64. The van der Waals surface area contributed by atoms with Crippen molar-refractivity contribution in [3.63, 3.8) is 0 Å². The molecule has 3 amide bonds. The van der Waals surface area contributed by atoms with E-state index in [1.54, 1.807) is 0 Å². The maximum atomic E-state index is 12.2. The van der Waals surface area contributed by atoms with E-state index in [0.29, 0.717) is 25.6 Å². The first-order valence-electron chi connectivity index (χ1n) is 6.01. The Bertz CT molecular complexity index is 304. The summed E-state index contributed by atoms with van der Waals surface area (Å²) in [5, 5.41) is 0. The minimum Gasteiger partial charge on any atom is -0.330 e. The van der Waals surface area contributed by atoms with Gasteiger partial charge in [-0.05, 0) is 38.1 Å². The first-order valence-corrected chi connectivity index (χ1v) is 6.01. The molecule has 0 unspecified atom stereocenters. The van der Waals surface area contributed by atoms with Gasteiger partial charge in [0.05, 0.1) is 5.92 Å². The van der Waals surface area contributed by atoms with E-state index in [2.05, 4.69) is 0 Å². The SMILES string of the molecule is NCC1CCC(C(=O)[N+]2(C(N)=O)CC2)CC1. The lowest BCUT2D eigenvalue weighted by atomic mass is 9.81. The van der Waals surface area contributed by atoms with Gasteiger partial charge in [0.2, 0.25) is 0 Å². The fraction of sp³-hybridized carbons (Fsp3) is 0.818. The summed E-state index contributed by atoms with van der Waals surface area (Å²) in [7, 11) is 0. The second-order valence-electron chi connectivity index (χ2n) is 5.04. The van der Waals surface area contributed by atoms with Gasteiger partial charge in [0, 0.05) is 0 Å². The molecule has 0 aromatic heterocycles. The molecular formula is C11H20N3O2+. The third kappa shape index (κ3) is 1.85. The summed E-state index contributed by atoms with van der Waals surface area (Å²) in [6.45, 7) is 1.91. The highest BCUT2D eigenvalue weighted by molar-refractivity contribution is 5.86. The van der Waals surface area contributed by atoms with Crippen LogP contribution < -0.4 is 11.5 Å². The van der Waals surface area contributed by atoms with Crippen molar-refractivity contribution in [2.24, 2.45) is 23.3 Å². The molecule has 5 nitrogen and oxygen atoms in total. The van der Waals surface area contributed by atoms with Crippen LogP contribution in [0.1, 0.15) is 25.7 Å². The number of hydrogen-bond acceptors (Lipinski definition) is 3. The van der Waals surface area contributed by atoms with E-state index in [0.717, 1.165) is 25.7 Å². The van der Waals surface area contributed by atoms with E-state index in [1.807, 2.05) is 0 Å². The molecule has 2 rings (SSSR count). The number of primary amides is 1. The third-order valence-electron chi connectivity index (χ3n) is 4.04. The second-order valence-corrected chi connectivity index (χ2v) is 5.04. The largest absolute Gasteiger partial charge is 0.421 e. The highest BCUT2D eigenvalue weighted by atomic mass is 16.2. The molecule has 1 aliphatic carbocycles. The molecule has 16 heavy (non-hydrogen) atoms. The Balaban J connectivity index is 1.95. The summed E-state index contributed by atoms with van der Waals surface area (Å²) in [5.74, 6) is 0.626. The van der Waals surface area contributed by atoms with Crippen molar-refractivity contribution in [1.82, 2.24) is 0 Å². The molecule has 2 fully saturated rings. The predicted molar refractivity (Wildman–Crippen MR) is 59.1 cm³/mol. The Morgan fingerprint density at radius 3 is 2.06 bits per heavy atom. The van der Waals surface area contributed by atoms with Crippen molar-refractivity contribution in [2.75, 3.05) is 19.6 Å². The third-order valence-corrected chi connectivity index (χ3v) is 4.04. The van der Waals surface area contributed by atoms with Crippen molar-refractivity contribution >= 4 is 11.9 Å². The quantitative estimate of drug-likeness (QED) is 0.520. The zero-order chi connectivity index (χ0) is 11.8. The molecule has 0 bridgehead atoms. The Hall–Kier alpha value is -0.940. The lowest BCUT2D eigenvalue weighted by molar-refractivity contribution is -0.630. The molecule has 5 heteroatoms. The van der Waals surface area contributed by atoms with Crippen molar-refractivity contribution < 1.29 is 14.1 Å². The summed E-state index contributed by atoms with van der Waals surface area (Å²) >= 11 is 0. The van der Waals surface area contributed by atoms with Crippen LogP contribution in [0.2, 0.25) is 0 Å². The number of nitrogens with zero attached hydrogens (tertiary/aromatic N) is 1. The molecule has 1 aliphatic heterocycles. The van der Waals surface area contributed by atoms with Crippen LogP contribution in [0.25, 0.3) is 0 Å². The minimum absolute atomic E-state index is 0.0257. The van der Waals surface area contributed by atoms with Gasteiger partial charge in [-0.15, -0.1) is 0 Å². The molecule has 4 N–H and O–H groups in total. The molecule has 0 atom stereocenters. The number of urea groups is 1. The van der Waals surface area contributed by atoms with Crippen molar-refractivity contribution in [3.05, 3.63) is 0 Å². The van der Waals surface area contributed by atoms with Gasteiger partial charge in [-0.1, -0.05) is 0 Å². The van der Waals surface area contributed by atoms with Crippen molar-refractivity contribution in [3.8, 4) is 0 Å². The Labute approximate surface area is 95.3 Å². The van der Waals surface area contributed by atoms with Crippen molar-refractivity contribution in [1.29, 1.82) is 0 Å².